The summed E-state index contributed by atoms with van der Waals surface area (Å²) in [6.45, 7) is 12.8. The third kappa shape index (κ3) is 6.46. The van der Waals surface area contributed by atoms with E-state index in [2.05, 4.69) is 18.8 Å². The minimum Gasteiger partial charge on any atom is -0.458 e. The van der Waals surface area contributed by atoms with Crippen LogP contribution in [0.4, 0.5) is 0 Å². The molecule has 3 aliphatic rings. The standard InChI is InChI=1S/C29H43NO6/c1-19-8-7-12-28(6)29(36-28,15-23-18-34-23)16-24(20(2)14-22-17-33-21(3)30-22)35-26(32)11-13-27(4,5)25(31)10-9-19/h14,17,19,23-24H,7-13,15-16,18H2,1-6H3. The van der Waals surface area contributed by atoms with Gasteiger partial charge in [0, 0.05) is 38.0 Å². The van der Waals surface area contributed by atoms with Crippen LogP contribution in [0.25, 0.3) is 6.08 Å². The van der Waals surface area contributed by atoms with Crippen molar-refractivity contribution in [3.63, 3.8) is 0 Å². The number of hydrogen-bond donors (Lipinski definition) is 0. The molecule has 200 valence electrons. The van der Waals surface area contributed by atoms with Crippen LogP contribution in [0.2, 0.25) is 0 Å². The van der Waals surface area contributed by atoms with Crippen LogP contribution < -0.4 is 0 Å². The van der Waals surface area contributed by atoms with Crippen LogP contribution in [-0.2, 0) is 23.8 Å². The Bertz CT molecular complexity index is 992. The van der Waals surface area contributed by atoms with E-state index in [1.807, 2.05) is 26.8 Å². The number of esters is 1. The van der Waals surface area contributed by atoms with E-state index in [1.165, 1.54) is 0 Å². The van der Waals surface area contributed by atoms with Crippen LogP contribution in [0.3, 0.4) is 0 Å². The minimum absolute atomic E-state index is 0.206. The van der Waals surface area contributed by atoms with Crippen molar-refractivity contribution < 1.29 is 28.2 Å². The average molecular weight is 502 g/mol. The summed E-state index contributed by atoms with van der Waals surface area (Å²) in [5.74, 6) is 1.01. The van der Waals surface area contributed by atoms with Crippen molar-refractivity contribution in [2.45, 2.75) is 123 Å². The fourth-order valence-electron chi connectivity index (χ4n) is 5.62. The lowest BCUT2D eigenvalue weighted by atomic mass is 9.79. The molecular weight excluding hydrogens is 458 g/mol. The van der Waals surface area contributed by atoms with Gasteiger partial charge >= 0.3 is 5.97 Å². The van der Waals surface area contributed by atoms with Gasteiger partial charge in [0.1, 0.15) is 29.4 Å². The number of cyclic esters (lactones) is 1. The monoisotopic (exact) mass is 501 g/mol. The second-order valence-electron chi connectivity index (χ2n) is 12.2. The molecule has 3 fully saturated rings. The number of rotatable bonds is 4. The lowest BCUT2D eigenvalue weighted by molar-refractivity contribution is -0.149. The fraction of sp³-hybridized carbons (Fsp3) is 0.759. The van der Waals surface area contributed by atoms with E-state index in [0.29, 0.717) is 36.8 Å². The van der Waals surface area contributed by atoms with Crippen LogP contribution in [-0.4, -0.2) is 46.8 Å². The smallest absolute Gasteiger partial charge is 0.306 e. The molecule has 0 bridgehead atoms. The maximum atomic E-state index is 13.1. The highest BCUT2D eigenvalue weighted by Gasteiger charge is 2.68. The summed E-state index contributed by atoms with van der Waals surface area (Å²) in [6, 6.07) is 0. The van der Waals surface area contributed by atoms with Gasteiger partial charge in [-0.1, -0.05) is 33.6 Å². The Hall–Kier alpha value is -1.99. The molecule has 1 aromatic heterocycles. The van der Waals surface area contributed by atoms with Crippen LogP contribution in [0.1, 0.15) is 104 Å². The minimum atomic E-state index is -0.545. The SMILES string of the molecule is CC(=Cc1coc(C)n1)C1CC2(CC3CO3)OC2(C)CCCC(C)CCC(=O)C(C)(C)CCC(=O)O1. The molecule has 0 radical (unpaired) electrons. The summed E-state index contributed by atoms with van der Waals surface area (Å²) in [7, 11) is 0. The number of carbonyl (C=O) groups is 2. The summed E-state index contributed by atoms with van der Waals surface area (Å²) in [6.07, 6.45) is 9.85. The molecule has 36 heavy (non-hydrogen) atoms. The Balaban J connectivity index is 1.59. The molecule has 0 aliphatic carbocycles. The number of epoxide rings is 2. The molecule has 4 heterocycles. The van der Waals surface area contributed by atoms with Gasteiger partial charge in [-0.2, -0.15) is 0 Å². The van der Waals surface area contributed by atoms with E-state index in [0.717, 1.165) is 44.3 Å². The van der Waals surface area contributed by atoms with Crippen LogP contribution >= 0.6 is 0 Å². The van der Waals surface area contributed by atoms with E-state index in [9.17, 15) is 9.59 Å². The van der Waals surface area contributed by atoms with Crippen molar-refractivity contribution in [2.75, 3.05) is 6.61 Å². The van der Waals surface area contributed by atoms with E-state index in [-0.39, 0.29) is 35.5 Å². The molecule has 5 atom stereocenters. The number of oxazole rings is 1. The third-order valence-electron chi connectivity index (χ3n) is 8.54. The van der Waals surface area contributed by atoms with Crippen molar-refractivity contribution >= 4 is 17.8 Å². The molecule has 0 aromatic carbocycles. The first-order valence-corrected chi connectivity index (χ1v) is 13.6. The van der Waals surface area contributed by atoms with Crippen molar-refractivity contribution in [3.05, 3.63) is 23.4 Å². The number of hydrogen-bond acceptors (Lipinski definition) is 7. The summed E-state index contributed by atoms with van der Waals surface area (Å²) in [4.78, 5) is 30.4. The van der Waals surface area contributed by atoms with Gasteiger partial charge in [0.2, 0.25) is 0 Å². The molecule has 7 nitrogen and oxygen atoms in total. The first-order chi connectivity index (χ1) is 16.9. The van der Waals surface area contributed by atoms with E-state index in [1.54, 1.807) is 13.2 Å². The zero-order valence-corrected chi connectivity index (χ0v) is 22.9. The third-order valence-corrected chi connectivity index (χ3v) is 8.54. The normalized spacial score (nSPS) is 36.2. The summed E-state index contributed by atoms with van der Waals surface area (Å²) >= 11 is 0. The largest absolute Gasteiger partial charge is 0.458 e. The van der Waals surface area contributed by atoms with Crippen molar-refractivity contribution in [1.82, 2.24) is 4.98 Å². The van der Waals surface area contributed by atoms with Crippen molar-refractivity contribution in [3.8, 4) is 0 Å². The van der Waals surface area contributed by atoms with Gasteiger partial charge in [-0.05, 0) is 50.7 Å². The molecule has 7 heteroatoms. The molecule has 3 aliphatic heterocycles. The molecule has 0 N–H and O–H groups in total. The number of aryl methyl sites for hydroxylation is 1. The average Bonchev–Trinajstić information content (AvgIpc) is 3.67. The maximum Gasteiger partial charge on any atom is 0.306 e. The van der Waals surface area contributed by atoms with E-state index >= 15 is 0 Å². The lowest BCUT2D eigenvalue weighted by Gasteiger charge is -2.27. The molecular formula is C29H43NO6. The Kier molecular flexibility index (Phi) is 7.82. The van der Waals surface area contributed by atoms with E-state index in [4.69, 9.17) is 18.6 Å². The number of ketones is 1. The van der Waals surface area contributed by atoms with E-state index < -0.39 is 11.5 Å². The van der Waals surface area contributed by atoms with Gasteiger partial charge in [0.25, 0.3) is 0 Å². The Morgan fingerprint density at radius 3 is 2.58 bits per heavy atom. The van der Waals surface area contributed by atoms with Gasteiger partial charge in [-0.3, -0.25) is 9.59 Å². The number of carbonyl (C=O) groups excluding carboxylic acids is 2. The second kappa shape index (κ2) is 10.4. The van der Waals surface area contributed by atoms with Crippen LogP contribution in [0, 0.1) is 18.3 Å². The maximum absolute atomic E-state index is 13.1. The molecule has 4 rings (SSSR count). The molecule has 0 amide bonds. The first-order valence-electron chi connectivity index (χ1n) is 13.6. The molecule has 5 unspecified atom stereocenters. The van der Waals surface area contributed by atoms with Crippen molar-refractivity contribution in [2.24, 2.45) is 11.3 Å². The van der Waals surface area contributed by atoms with Crippen molar-refractivity contribution in [1.29, 1.82) is 0 Å². The number of fused-ring (bicyclic) bond motifs is 1. The summed E-state index contributed by atoms with van der Waals surface area (Å²) in [5.41, 5.74) is 0.396. The van der Waals surface area contributed by atoms with Gasteiger partial charge < -0.3 is 18.6 Å². The lowest BCUT2D eigenvalue weighted by Crippen LogP contribution is -2.34. The summed E-state index contributed by atoms with van der Waals surface area (Å²) in [5, 5.41) is 0. The molecule has 0 spiro atoms. The Morgan fingerprint density at radius 1 is 1.17 bits per heavy atom. The zero-order valence-electron chi connectivity index (χ0n) is 22.9. The van der Waals surface area contributed by atoms with Gasteiger partial charge in [-0.25, -0.2) is 4.98 Å². The number of ether oxygens (including phenoxy) is 3. The zero-order chi connectivity index (χ0) is 26.1. The quantitative estimate of drug-likeness (QED) is 0.370. The number of aromatic nitrogens is 1. The Labute approximate surface area is 215 Å². The van der Waals surface area contributed by atoms with Gasteiger partial charge in [0.15, 0.2) is 5.89 Å². The predicted molar refractivity (Wildman–Crippen MR) is 136 cm³/mol. The molecule has 0 saturated carbocycles. The second-order valence-corrected chi connectivity index (χ2v) is 12.2. The molecule has 3 saturated heterocycles. The highest BCUT2D eigenvalue weighted by molar-refractivity contribution is 5.84. The highest BCUT2D eigenvalue weighted by Crippen LogP contribution is 2.58. The van der Waals surface area contributed by atoms with Crippen LogP contribution in [0.5, 0.6) is 0 Å². The topological polar surface area (TPSA) is 94.5 Å². The highest BCUT2D eigenvalue weighted by atomic mass is 16.6. The number of Topliss-reactive ketones (excluding diaryl/α,β-unsaturated/α-hetero) is 1. The molecule has 1 aromatic rings. The number of nitrogens with zero attached hydrogens (tertiary/aromatic N) is 1. The van der Waals surface area contributed by atoms with Gasteiger partial charge in [-0.15, -0.1) is 0 Å². The van der Waals surface area contributed by atoms with Gasteiger partial charge in [0.05, 0.1) is 18.3 Å². The van der Waals surface area contributed by atoms with Crippen LogP contribution in [0.15, 0.2) is 16.3 Å². The fourth-order valence-corrected chi connectivity index (χ4v) is 5.62. The Morgan fingerprint density at radius 2 is 1.92 bits per heavy atom. The summed E-state index contributed by atoms with van der Waals surface area (Å²) < 4.78 is 23.6. The predicted octanol–water partition coefficient (Wildman–Crippen LogP) is 5.98. The first kappa shape index (κ1) is 27.1.